The molecule has 0 saturated heterocycles. The van der Waals surface area contributed by atoms with E-state index >= 15 is 0 Å². The molecule has 278 valence electrons. The van der Waals surface area contributed by atoms with Crippen LogP contribution in [0, 0.1) is 0 Å². The van der Waals surface area contributed by atoms with Gasteiger partial charge in [0.15, 0.2) is 17.5 Å². The van der Waals surface area contributed by atoms with Gasteiger partial charge in [0.25, 0.3) is 0 Å². The van der Waals surface area contributed by atoms with Gasteiger partial charge in [0.05, 0.1) is 0 Å². The van der Waals surface area contributed by atoms with E-state index in [4.69, 9.17) is 15.0 Å². The smallest absolute Gasteiger partial charge is 0.165 e. The fourth-order valence-electron chi connectivity index (χ4n) is 9.25. The second-order valence-electron chi connectivity index (χ2n) is 15.9. The molecule has 0 radical (unpaired) electrons. The lowest BCUT2D eigenvalue weighted by molar-refractivity contribution is 0.660. The fourth-order valence-corrected chi connectivity index (χ4v) is 9.25. The van der Waals surface area contributed by atoms with Gasteiger partial charge in [0.1, 0.15) is 0 Å². The summed E-state index contributed by atoms with van der Waals surface area (Å²) in [6.07, 6.45) is 0. The van der Waals surface area contributed by atoms with Crippen molar-refractivity contribution in [1.82, 2.24) is 15.0 Å². The molecule has 0 fully saturated rings. The number of hydrogen-bond donors (Lipinski definition) is 0. The van der Waals surface area contributed by atoms with E-state index in [1.165, 1.54) is 49.7 Å². The number of benzene rings is 9. The lowest BCUT2D eigenvalue weighted by Crippen LogP contribution is -2.14. The molecule has 1 aromatic heterocycles. The van der Waals surface area contributed by atoms with Gasteiger partial charge in [-0.05, 0) is 71.6 Å². The van der Waals surface area contributed by atoms with Crippen molar-refractivity contribution in [3.8, 4) is 78.7 Å². The summed E-state index contributed by atoms with van der Waals surface area (Å²) in [6.45, 7) is 4.69. The third-order valence-corrected chi connectivity index (χ3v) is 12.2. The molecule has 0 bridgehead atoms. The van der Waals surface area contributed by atoms with E-state index in [1.54, 1.807) is 0 Å². The molecule has 0 N–H and O–H groups in total. The molecular weight excluding hydrogens is 715 g/mol. The van der Waals surface area contributed by atoms with Gasteiger partial charge < -0.3 is 0 Å². The Bertz CT molecular complexity index is 3100. The first-order chi connectivity index (χ1) is 29.0. The van der Waals surface area contributed by atoms with Crippen LogP contribution in [0.1, 0.15) is 25.0 Å². The molecule has 9 aromatic carbocycles. The van der Waals surface area contributed by atoms with Crippen LogP contribution in [0.4, 0.5) is 0 Å². The Hall–Kier alpha value is -7.49. The largest absolute Gasteiger partial charge is 0.208 e. The monoisotopic (exact) mass is 753 g/mol. The van der Waals surface area contributed by atoms with Crippen molar-refractivity contribution in [2.45, 2.75) is 19.3 Å². The second-order valence-corrected chi connectivity index (χ2v) is 15.9. The van der Waals surface area contributed by atoms with Gasteiger partial charge in [-0.1, -0.05) is 214 Å². The van der Waals surface area contributed by atoms with Crippen LogP contribution >= 0.6 is 0 Å². The lowest BCUT2D eigenvalue weighted by atomic mass is 9.81. The zero-order valence-corrected chi connectivity index (χ0v) is 32.9. The summed E-state index contributed by atoms with van der Waals surface area (Å²) in [7, 11) is 0. The number of rotatable bonds is 6. The summed E-state index contributed by atoms with van der Waals surface area (Å²) in [5.41, 5.74) is 14.9. The van der Waals surface area contributed by atoms with Gasteiger partial charge in [0, 0.05) is 27.7 Å². The van der Waals surface area contributed by atoms with E-state index in [2.05, 4.69) is 202 Å². The summed E-state index contributed by atoms with van der Waals surface area (Å²) in [4.78, 5) is 16.1. The van der Waals surface area contributed by atoms with Crippen LogP contribution in [0.25, 0.3) is 100 Å². The summed E-state index contributed by atoms with van der Waals surface area (Å²) in [6, 6.07) is 71.3. The molecule has 59 heavy (non-hydrogen) atoms. The molecule has 11 rings (SSSR count). The summed E-state index contributed by atoms with van der Waals surface area (Å²) >= 11 is 0. The highest BCUT2D eigenvalue weighted by atomic mass is 15.0. The maximum Gasteiger partial charge on any atom is 0.165 e. The zero-order valence-electron chi connectivity index (χ0n) is 32.9. The number of fused-ring (bicyclic) bond motifs is 6. The van der Waals surface area contributed by atoms with Crippen LogP contribution in [-0.2, 0) is 5.41 Å². The topological polar surface area (TPSA) is 38.7 Å². The van der Waals surface area contributed by atoms with Crippen LogP contribution in [-0.4, -0.2) is 15.0 Å². The van der Waals surface area contributed by atoms with E-state index in [1.807, 2.05) is 12.1 Å². The molecule has 1 heterocycles. The molecule has 0 amide bonds. The van der Waals surface area contributed by atoms with Crippen molar-refractivity contribution >= 4 is 21.5 Å². The van der Waals surface area contributed by atoms with Gasteiger partial charge in [0.2, 0.25) is 0 Å². The lowest BCUT2D eigenvalue weighted by Gasteiger charge is -2.23. The molecule has 0 saturated carbocycles. The highest BCUT2D eigenvalue weighted by Gasteiger charge is 2.37. The average Bonchev–Trinajstić information content (AvgIpc) is 3.55. The van der Waals surface area contributed by atoms with Gasteiger partial charge in [-0.2, -0.15) is 0 Å². The molecule has 0 unspecified atom stereocenters. The van der Waals surface area contributed by atoms with E-state index in [0.29, 0.717) is 17.5 Å². The number of hydrogen-bond acceptors (Lipinski definition) is 3. The second kappa shape index (κ2) is 13.9. The number of nitrogens with zero attached hydrogens (tertiary/aromatic N) is 3. The summed E-state index contributed by atoms with van der Waals surface area (Å²) < 4.78 is 0. The third kappa shape index (κ3) is 5.77. The average molecular weight is 754 g/mol. The normalized spacial score (nSPS) is 12.7. The quantitative estimate of drug-likeness (QED) is 0.159. The Labute approximate surface area is 344 Å². The predicted octanol–water partition coefficient (Wildman–Crippen LogP) is 14.5. The maximum atomic E-state index is 5.45. The molecule has 0 atom stereocenters. The first-order valence-electron chi connectivity index (χ1n) is 20.3. The Morgan fingerprint density at radius 2 is 0.661 bits per heavy atom. The highest BCUT2D eigenvalue weighted by molar-refractivity contribution is 6.22. The van der Waals surface area contributed by atoms with Crippen molar-refractivity contribution in [2.24, 2.45) is 0 Å². The molecule has 0 spiro atoms. The van der Waals surface area contributed by atoms with Crippen molar-refractivity contribution in [3.05, 3.63) is 211 Å². The Morgan fingerprint density at radius 1 is 0.271 bits per heavy atom. The molecule has 3 heteroatoms. The first-order valence-corrected chi connectivity index (χ1v) is 20.3. The van der Waals surface area contributed by atoms with Crippen molar-refractivity contribution in [2.75, 3.05) is 0 Å². The van der Waals surface area contributed by atoms with Crippen molar-refractivity contribution < 1.29 is 0 Å². The Morgan fingerprint density at radius 3 is 1.22 bits per heavy atom. The summed E-state index contributed by atoms with van der Waals surface area (Å²) in [5.74, 6) is 1.90. The van der Waals surface area contributed by atoms with E-state index in [-0.39, 0.29) is 5.41 Å². The standard InChI is InChI=1S/C56H39N3/c1-56(2)48-26-14-13-24-46(48)50-47(25-15-27-49(50)56)51-44-22-11-9-20-42(44)43-21-10-12-23-45(43)52(51)55-58-53(40-32-28-38(29-33-40)36-16-5-3-6-17-36)57-54(59-55)41-34-30-39(31-35-41)37-18-7-4-8-19-37/h3-35H,1-2H3. The Balaban J connectivity index is 1.20. The van der Waals surface area contributed by atoms with Crippen molar-refractivity contribution in [1.29, 1.82) is 0 Å². The minimum atomic E-state index is -0.153. The molecule has 1 aliphatic rings. The van der Waals surface area contributed by atoms with Gasteiger partial charge >= 0.3 is 0 Å². The molecule has 1 aliphatic carbocycles. The van der Waals surface area contributed by atoms with E-state index in [9.17, 15) is 0 Å². The van der Waals surface area contributed by atoms with E-state index in [0.717, 1.165) is 44.2 Å². The van der Waals surface area contributed by atoms with Crippen LogP contribution in [0.2, 0.25) is 0 Å². The van der Waals surface area contributed by atoms with Gasteiger partial charge in [-0.15, -0.1) is 0 Å². The third-order valence-electron chi connectivity index (χ3n) is 12.2. The van der Waals surface area contributed by atoms with Crippen LogP contribution in [0.5, 0.6) is 0 Å². The first kappa shape index (κ1) is 34.7. The predicted molar refractivity (Wildman–Crippen MR) is 245 cm³/mol. The highest BCUT2D eigenvalue weighted by Crippen LogP contribution is 2.55. The van der Waals surface area contributed by atoms with Crippen LogP contribution in [0.15, 0.2) is 200 Å². The Kier molecular flexibility index (Phi) is 8.16. The maximum absolute atomic E-state index is 5.45. The molecule has 0 aliphatic heterocycles. The van der Waals surface area contributed by atoms with Crippen LogP contribution in [0.3, 0.4) is 0 Å². The minimum absolute atomic E-state index is 0.153. The minimum Gasteiger partial charge on any atom is -0.208 e. The molecular formula is C56H39N3. The zero-order chi connectivity index (χ0) is 39.5. The number of aromatic nitrogens is 3. The molecule has 3 nitrogen and oxygen atoms in total. The molecule has 10 aromatic rings. The van der Waals surface area contributed by atoms with Crippen LogP contribution < -0.4 is 0 Å². The summed E-state index contributed by atoms with van der Waals surface area (Å²) in [5, 5.41) is 4.64. The SMILES string of the molecule is CC1(C)c2ccccc2-c2c(-c3c(-c4nc(-c5ccc(-c6ccccc6)cc5)nc(-c5ccc(-c6ccccc6)cc5)n4)c4ccccc4c4ccccc34)cccc21. The van der Waals surface area contributed by atoms with Gasteiger partial charge in [-0.3, -0.25) is 0 Å². The van der Waals surface area contributed by atoms with E-state index < -0.39 is 0 Å². The van der Waals surface area contributed by atoms with Gasteiger partial charge in [-0.25, -0.2) is 15.0 Å². The van der Waals surface area contributed by atoms with Crippen molar-refractivity contribution in [3.63, 3.8) is 0 Å². The fraction of sp³-hybridized carbons (Fsp3) is 0.0536.